The number of nitrogens with two attached hydrogens (primary N) is 1. The molecule has 4 heterocycles. The lowest BCUT2D eigenvalue weighted by molar-refractivity contribution is 0.0955. The van der Waals surface area contributed by atoms with Crippen LogP contribution in [0, 0.1) is 0 Å². The van der Waals surface area contributed by atoms with Gasteiger partial charge in [-0.3, -0.25) is 4.79 Å². The number of fused-ring (bicyclic) bond motifs is 3. The van der Waals surface area contributed by atoms with Gasteiger partial charge in [0, 0.05) is 53.3 Å². The van der Waals surface area contributed by atoms with Crippen LogP contribution < -0.4 is 20.5 Å². The summed E-state index contributed by atoms with van der Waals surface area (Å²) < 4.78 is 10.8. The van der Waals surface area contributed by atoms with E-state index in [9.17, 15) is 4.79 Å². The van der Waals surface area contributed by atoms with E-state index < -0.39 is 0 Å². The van der Waals surface area contributed by atoms with Crippen LogP contribution in [0.25, 0.3) is 21.3 Å². The summed E-state index contributed by atoms with van der Waals surface area (Å²) in [6.07, 6.45) is 0.836. The highest BCUT2D eigenvalue weighted by molar-refractivity contribution is 7.21. The first-order valence-electron chi connectivity index (χ1n) is 11.3. The number of benzene rings is 2. The van der Waals surface area contributed by atoms with Crippen LogP contribution in [0.5, 0.6) is 11.5 Å². The van der Waals surface area contributed by atoms with Crippen LogP contribution in [0.15, 0.2) is 42.5 Å². The summed E-state index contributed by atoms with van der Waals surface area (Å²) >= 11 is 7.97. The molecule has 0 atom stereocenters. The summed E-state index contributed by atoms with van der Waals surface area (Å²) in [5, 5.41) is 4.43. The van der Waals surface area contributed by atoms with Gasteiger partial charge < -0.3 is 25.4 Å². The maximum absolute atomic E-state index is 13.2. The Morgan fingerprint density at radius 2 is 2.06 bits per heavy atom. The summed E-state index contributed by atoms with van der Waals surface area (Å²) in [4.78, 5) is 21.7. The monoisotopic (exact) mass is 506 g/mol. The number of hydrogen-bond donors (Lipinski definition) is 2. The summed E-state index contributed by atoms with van der Waals surface area (Å²) in [7, 11) is 2.09. The highest BCUT2D eigenvalue weighted by atomic mass is 35.5. The van der Waals surface area contributed by atoms with E-state index in [0.29, 0.717) is 33.6 Å². The Bertz CT molecular complexity index is 1490. The Hall–Kier alpha value is -3.33. The van der Waals surface area contributed by atoms with Crippen LogP contribution in [0.4, 0.5) is 5.69 Å². The quantitative estimate of drug-likeness (QED) is 0.411. The largest absolute Gasteiger partial charge is 0.454 e. The van der Waals surface area contributed by atoms with Crippen molar-refractivity contribution >= 4 is 44.7 Å². The van der Waals surface area contributed by atoms with E-state index in [2.05, 4.69) is 17.3 Å². The second-order valence-corrected chi connectivity index (χ2v) is 10.2. The third-order valence-electron chi connectivity index (χ3n) is 6.46. The van der Waals surface area contributed by atoms with Crippen LogP contribution in [0.1, 0.15) is 26.5 Å². The molecule has 9 heteroatoms. The third kappa shape index (κ3) is 3.87. The second kappa shape index (κ2) is 8.71. The van der Waals surface area contributed by atoms with Gasteiger partial charge in [-0.2, -0.15) is 0 Å². The molecular formula is C26H23ClN4O3S. The smallest absolute Gasteiger partial charge is 0.263 e. The Morgan fingerprint density at radius 3 is 2.91 bits per heavy atom. The van der Waals surface area contributed by atoms with Crippen molar-refractivity contribution in [2.45, 2.75) is 19.5 Å². The maximum Gasteiger partial charge on any atom is 0.263 e. The maximum atomic E-state index is 13.2. The molecule has 2 aromatic heterocycles. The average molecular weight is 507 g/mol. The normalized spacial score (nSPS) is 14.8. The van der Waals surface area contributed by atoms with Crippen molar-refractivity contribution < 1.29 is 14.3 Å². The molecule has 0 saturated carbocycles. The van der Waals surface area contributed by atoms with Crippen molar-refractivity contribution in [2.75, 3.05) is 26.1 Å². The zero-order valence-corrected chi connectivity index (χ0v) is 20.6. The fourth-order valence-electron chi connectivity index (χ4n) is 4.70. The number of anilines is 1. The van der Waals surface area contributed by atoms with Crippen molar-refractivity contribution in [3.8, 4) is 22.6 Å². The SMILES string of the molecule is CN1CCc2nc3sc(C(=O)NCc4ccc5c(c4)OCO5)c(N)c3c(-c3ccccc3Cl)c2C1. The van der Waals surface area contributed by atoms with Crippen LogP contribution in [0.3, 0.4) is 0 Å². The lowest BCUT2D eigenvalue weighted by atomic mass is 9.92. The van der Waals surface area contributed by atoms with Gasteiger partial charge in [-0.15, -0.1) is 11.3 Å². The van der Waals surface area contributed by atoms with E-state index >= 15 is 0 Å². The minimum absolute atomic E-state index is 0.212. The standard InChI is InChI=1S/C26H23ClN4O3S/c1-31-9-8-18-16(12-31)21(15-4-2-3-5-17(15)27)22-23(28)24(35-26(22)30-18)25(32)29-11-14-6-7-19-20(10-14)34-13-33-19/h2-7,10H,8-9,11-13,28H2,1H3,(H,29,32). The Kier molecular flexibility index (Phi) is 5.51. The first kappa shape index (κ1) is 22.2. The number of thiophene rings is 1. The highest BCUT2D eigenvalue weighted by Crippen LogP contribution is 2.45. The molecular weight excluding hydrogens is 484 g/mol. The van der Waals surface area contributed by atoms with Crippen molar-refractivity contribution in [3.05, 3.63) is 69.2 Å². The first-order chi connectivity index (χ1) is 17.0. The molecule has 0 saturated heterocycles. The molecule has 35 heavy (non-hydrogen) atoms. The fraction of sp³-hybridized carbons (Fsp3) is 0.231. The van der Waals surface area contributed by atoms with E-state index in [0.717, 1.165) is 57.7 Å². The number of nitrogens with one attached hydrogen (secondary N) is 1. The minimum atomic E-state index is -0.233. The molecule has 0 spiro atoms. The van der Waals surface area contributed by atoms with Gasteiger partial charge >= 0.3 is 0 Å². The molecule has 0 radical (unpaired) electrons. The number of nitrogens with zero attached hydrogens (tertiary/aromatic N) is 2. The summed E-state index contributed by atoms with van der Waals surface area (Å²) in [5.41, 5.74) is 12.1. The van der Waals surface area contributed by atoms with Crippen molar-refractivity contribution in [1.82, 2.24) is 15.2 Å². The van der Waals surface area contributed by atoms with E-state index in [1.165, 1.54) is 11.3 Å². The van der Waals surface area contributed by atoms with Crippen LogP contribution in [0.2, 0.25) is 5.02 Å². The molecule has 7 nitrogen and oxygen atoms in total. The van der Waals surface area contributed by atoms with Gasteiger partial charge in [0.1, 0.15) is 9.71 Å². The Labute approximate surface area is 211 Å². The van der Waals surface area contributed by atoms with Crippen molar-refractivity contribution in [2.24, 2.45) is 0 Å². The lowest BCUT2D eigenvalue weighted by Gasteiger charge is -2.27. The number of carbonyl (C=O) groups excluding carboxylic acids is 1. The third-order valence-corrected chi connectivity index (χ3v) is 7.89. The summed E-state index contributed by atoms with van der Waals surface area (Å²) in [6, 6.07) is 13.4. The number of halogens is 1. The summed E-state index contributed by atoms with van der Waals surface area (Å²) in [5.74, 6) is 1.16. The average Bonchev–Trinajstić information content (AvgIpc) is 3.46. The van der Waals surface area contributed by atoms with Gasteiger partial charge in [0.25, 0.3) is 5.91 Å². The van der Waals surface area contributed by atoms with Gasteiger partial charge in [-0.1, -0.05) is 35.9 Å². The van der Waals surface area contributed by atoms with Gasteiger partial charge in [0.2, 0.25) is 6.79 Å². The van der Waals surface area contributed by atoms with Crippen molar-refractivity contribution in [3.63, 3.8) is 0 Å². The molecule has 0 bridgehead atoms. The number of amides is 1. The van der Waals surface area contributed by atoms with Crippen LogP contribution in [-0.4, -0.2) is 36.2 Å². The minimum Gasteiger partial charge on any atom is -0.454 e. The van der Waals surface area contributed by atoms with E-state index in [1.54, 1.807) is 0 Å². The van der Waals surface area contributed by atoms with E-state index in [-0.39, 0.29) is 12.7 Å². The molecule has 6 rings (SSSR count). The number of aromatic nitrogens is 1. The highest BCUT2D eigenvalue weighted by Gasteiger charge is 2.27. The molecule has 0 fully saturated rings. The first-order valence-corrected chi connectivity index (χ1v) is 12.5. The summed E-state index contributed by atoms with van der Waals surface area (Å²) in [6.45, 7) is 2.23. The lowest BCUT2D eigenvalue weighted by Crippen LogP contribution is -2.28. The van der Waals surface area contributed by atoms with Gasteiger partial charge in [0.15, 0.2) is 11.5 Å². The fourth-order valence-corrected chi connectivity index (χ4v) is 5.97. The number of carbonyl (C=O) groups is 1. The number of rotatable bonds is 4. The zero-order valence-electron chi connectivity index (χ0n) is 19.1. The number of pyridine rings is 1. The van der Waals surface area contributed by atoms with E-state index in [1.807, 2.05) is 42.5 Å². The number of nitrogen functional groups attached to an aromatic ring is 1. The molecule has 3 N–H and O–H groups in total. The molecule has 0 unspecified atom stereocenters. The molecule has 4 aromatic rings. The van der Waals surface area contributed by atoms with Crippen LogP contribution >= 0.6 is 22.9 Å². The second-order valence-electron chi connectivity index (χ2n) is 8.77. The zero-order chi connectivity index (χ0) is 24.1. The number of ether oxygens (including phenoxy) is 2. The number of hydrogen-bond acceptors (Lipinski definition) is 7. The topological polar surface area (TPSA) is 89.7 Å². The molecule has 0 aliphatic carbocycles. The molecule has 2 aliphatic heterocycles. The predicted molar refractivity (Wildman–Crippen MR) is 138 cm³/mol. The molecule has 2 aliphatic rings. The van der Waals surface area contributed by atoms with Gasteiger partial charge in [-0.25, -0.2) is 4.98 Å². The molecule has 178 valence electrons. The van der Waals surface area contributed by atoms with Gasteiger partial charge in [0.05, 0.1) is 5.69 Å². The Morgan fingerprint density at radius 1 is 1.23 bits per heavy atom. The van der Waals surface area contributed by atoms with Crippen molar-refractivity contribution in [1.29, 1.82) is 0 Å². The molecule has 2 aromatic carbocycles. The Balaban J connectivity index is 1.40. The van der Waals surface area contributed by atoms with Crippen LogP contribution in [-0.2, 0) is 19.5 Å². The van der Waals surface area contributed by atoms with E-state index in [4.69, 9.17) is 31.8 Å². The predicted octanol–water partition coefficient (Wildman–Crippen LogP) is 4.85. The van der Waals surface area contributed by atoms with Gasteiger partial charge in [-0.05, 0) is 36.4 Å². The number of likely N-dealkylation sites (N-methyl/N-ethyl adjacent to an activating group) is 1. The molecule has 1 amide bonds.